The molecule has 104 valence electrons. The zero-order valence-corrected chi connectivity index (χ0v) is 10.2. The maximum absolute atomic E-state index is 13.4. The fourth-order valence-corrected chi connectivity index (χ4v) is 1.68. The van der Waals surface area contributed by atoms with Gasteiger partial charge in [-0.2, -0.15) is 12.8 Å². The minimum atomic E-state index is -5.30. The molecule has 0 aromatic heterocycles. The third-order valence-electron chi connectivity index (χ3n) is 1.89. The SMILES string of the molecule is C=C(C)C(=O)Oc1cc(F)c(S(=O)(=O)O)c(F)c1F. The van der Waals surface area contributed by atoms with Gasteiger partial charge >= 0.3 is 16.1 Å². The number of ether oxygens (including phenoxy) is 1. The van der Waals surface area contributed by atoms with E-state index in [9.17, 15) is 26.4 Å². The maximum Gasteiger partial charge on any atom is 0.338 e. The largest absolute Gasteiger partial charge is 0.420 e. The Balaban J connectivity index is 3.42. The molecule has 0 spiro atoms. The summed E-state index contributed by atoms with van der Waals surface area (Å²) in [7, 11) is -5.30. The third-order valence-corrected chi connectivity index (χ3v) is 2.78. The molecule has 9 heteroatoms. The van der Waals surface area contributed by atoms with Crippen molar-refractivity contribution >= 4 is 16.1 Å². The van der Waals surface area contributed by atoms with E-state index in [2.05, 4.69) is 11.3 Å². The minimum absolute atomic E-state index is 0.127. The molecule has 0 bridgehead atoms. The Morgan fingerprint density at radius 1 is 1.32 bits per heavy atom. The predicted octanol–water partition coefficient (Wildman–Crippen LogP) is 1.83. The topological polar surface area (TPSA) is 80.7 Å². The van der Waals surface area contributed by atoms with Gasteiger partial charge < -0.3 is 4.74 Å². The molecule has 1 N–H and O–H groups in total. The van der Waals surface area contributed by atoms with Gasteiger partial charge in [-0.1, -0.05) is 6.58 Å². The zero-order chi connectivity index (χ0) is 15.0. The molecule has 0 amide bonds. The van der Waals surface area contributed by atoms with Gasteiger partial charge in [0, 0.05) is 11.6 Å². The van der Waals surface area contributed by atoms with Crippen LogP contribution in [0.1, 0.15) is 6.92 Å². The molecule has 0 radical (unpaired) electrons. The molecule has 0 aliphatic heterocycles. The molecule has 0 heterocycles. The molecule has 19 heavy (non-hydrogen) atoms. The number of benzene rings is 1. The van der Waals surface area contributed by atoms with Crippen molar-refractivity contribution in [2.45, 2.75) is 11.8 Å². The molecule has 0 saturated heterocycles. The van der Waals surface area contributed by atoms with Gasteiger partial charge in [-0.3, -0.25) is 4.55 Å². The number of hydrogen-bond donors (Lipinski definition) is 1. The highest BCUT2D eigenvalue weighted by Crippen LogP contribution is 2.28. The van der Waals surface area contributed by atoms with Crippen LogP contribution >= 0.6 is 0 Å². The first kappa shape index (κ1) is 15.2. The van der Waals surface area contributed by atoms with Gasteiger partial charge in [0.1, 0.15) is 0 Å². The highest BCUT2D eigenvalue weighted by molar-refractivity contribution is 7.85. The van der Waals surface area contributed by atoms with Gasteiger partial charge in [0.2, 0.25) is 5.82 Å². The number of hydrogen-bond acceptors (Lipinski definition) is 4. The minimum Gasteiger partial charge on any atom is -0.420 e. The molecule has 1 aromatic carbocycles. The molecule has 5 nitrogen and oxygen atoms in total. The van der Waals surface area contributed by atoms with Gasteiger partial charge in [-0.25, -0.2) is 13.6 Å². The second-order valence-electron chi connectivity index (χ2n) is 3.46. The summed E-state index contributed by atoms with van der Waals surface area (Å²) in [5.41, 5.74) is -0.168. The lowest BCUT2D eigenvalue weighted by atomic mass is 10.3. The Kier molecular flexibility index (Phi) is 4.01. The summed E-state index contributed by atoms with van der Waals surface area (Å²) in [5.74, 6) is -8.23. The smallest absolute Gasteiger partial charge is 0.338 e. The number of esters is 1. The monoisotopic (exact) mass is 296 g/mol. The van der Waals surface area contributed by atoms with Crippen molar-refractivity contribution in [3.63, 3.8) is 0 Å². The van der Waals surface area contributed by atoms with Gasteiger partial charge in [-0.05, 0) is 6.92 Å². The first-order valence-corrected chi connectivity index (χ1v) is 6.02. The van der Waals surface area contributed by atoms with Crippen LogP contribution in [0.2, 0.25) is 0 Å². The lowest BCUT2D eigenvalue weighted by Gasteiger charge is -2.08. The molecule has 0 atom stereocenters. The van der Waals surface area contributed by atoms with Crippen LogP contribution in [0, 0.1) is 17.5 Å². The average molecular weight is 296 g/mol. The summed E-state index contributed by atoms with van der Waals surface area (Å²) < 4.78 is 74.1. The lowest BCUT2D eigenvalue weighted by molar-refractivity contribution is -0.130. The third kappa shape index (κ3) is 3.12. The van der Waals surface area contributed by atoms with Crippen molar-refractivity contribution in [3.05, 3.63) is 35.7 Å². The van der Waals surface area contributed by atoms with Crippen LogP contribution in [-0.4, -0.2) is 18.9 Å². The van der Waals surface area contributed by atoms with E-state index in [1.807, 2.05) is 0 Å². The van der Waals surface area contributed by atoms with Crippen LogP contribution in [-0.2, 0) is 14.9 Å². The van der Waals surface area contributed by atoms with Crippen LogP contribution in [0.25, 0.3) is 0 Å². The first-order chi connectivity index (χ1) is 8.55. The first-order valence-electron chi connectivity index (χ1n) is 4.58. The Morgan fingerprint density at radius 3 is 2.26 bits per heavy atom. The molecular formula is C10H7F3O5S. The van der Waals surface area contributed by atoms with Crippen LogP contribution in [0.4, 0.5) is 13.2 Å². The fourth-order valence-electron chi connectivity index (χ4n) is 1.05. The van der Waals surface area contributed by atoms with E-state index in [1.54, 1.807) is 0 Å². The van der Waals surface area contributed by atoms with Crippen molar-refractivity contribution < 1.29 is 35.7 Å². The maximum atomic E-state index is 13.4. The van der Waals surface area contributed by atoms with E-state index in [-0.39, 0.29) is 11.6 Å². The van der Waals surface area contributed by atoms with E-state index in [0.717, 1.165) is 0 Å². The summed E-state index contributed by atoms with van der Waals surface area (Å²) in [6.07, 6.45) is 0. The lowest BCUT2D eigenvalue weighted by Crippen LogP contribution is -2.13. The highest BCUT2D eigenvalue weighted by Gasteiger charge is 2.28. The highest BCUT2D eigenvalue weighted by atomic mass is 32.2. The van der Waals surface area contributed by atoms with Gasteiger partial charge in [0.25, 0.3) is 0 Å². The summed E-state index contributed by atoms with van der Waals surface area (Å²) in [5, 5.41) is 0. The van der Waals surface area contributed by atoms with Crippen molar-refractivity contribution in [2.75, 3.05) is 0 Å². The Labute approximate surface area is 106 Å². The molecule has 0 aliphatic carbocycles. The molecule has 0 aliphatic rings. The van der Waals surface area contributed by atoms with Gasteiger partial charge in [0.05, 0.1) is 0 Å². The molecule has 0 unspecified atom stereocenters. The Morgan fingerprint density at radius 2 is 1.84 bits per heavy atom. The molecule has 1 aromatic rings. The van der Waals surface area contributed by atoms with Crippen LogP contribution < -0.4 is 4.74 Å². The second-order valence-corrected chi connectivity index (χ2v) is 4.82. The molecule has 1 rings (SSSR count). The predicted molar refractivity (Wildman–Crippen MR) is 56.6 cm³/mol. The van der Waals surface area contributed by atoms with Crippen LogP contribution in [0.15, 0.2) is 23.1 Å². The fraction of sp³-hybridized carbons (Fsp3) is 0.100. The normalized spacial score (nSPS) is 11.2. The van der Waals surface area contributed by atoms with Crippen molar-refractivity contribution in [1.29, 1.82) is 0 Å². The number of carbonyl (C=O) groups excluding carboxylic acids is 1. The van der Waals surface area contributed by atoms with Crippen LogP contribution in [0.5, 0.6) is 5.75 Å². The Hall–Kier alpha value is -1.87. The number of rotatable bonds is 3. The van der Waals surface area contributed by atoms with Gasteiger partial charge in [-0.15, -0.1) is 0 Å². The summed E-state index contributed by atoms with van der Waals surface area (Å²) >= 11 is 0. The van der Waals surface area contributed by atoms with Crippen molar-refractivity contribution in [3.8, 4) is 5.75 Å². The number of carbonyl (C=O) groups is 1. The summed E-state index contributed by atoms with van der Waals surface area (Å²) in [6.45, 7) is 4.37. The quantitative estimate of drug-likeness (QED) is 0.302. The van der Waals surface area contributed by atoms with E-state index in [1.165, 1.54) is 6.92 Å². The van der Waals surface area contributed by atoms with Gasteiger partial charge in [0.15, 0.2) is 22.3 Å². The van der Waals surface area contributed by atoms with E-state index in [0.29, 0.717) is 0 Å². The molecule has 0 saturated carbocycles. The Bertz CT molecular complexity index is 666. The standard InChI is InChI=1S/C10H7F3O5S/c1-4(2)10(14)18-6-3-5(11)9(19(15,16)17)8(13)7(6)12/h3H,1H2,2H3,(H,15,16,17). The number of halogens is 3. The van der Waals surface area contributed by atoms with Crippen molar-refractivity contribution in [1.82, 2.24) is 0 Å². The summed E-state index contributed by atoms with van der Waals surface area (Å²) in [6, 6.07) is 0.127. The van der Waals surface area contributed by atoms with Crippen molar-refractivity contribution in [2.24, 2.45) is 0 Å². The molecular weight excluding hydrogens is 289 g/mol. The summed E-state index contributed by atoms with van der Waals surface area (Å²) in [4.78, 5) is 9.21. The second kappa shape index (κ2) is 5.02. The van der Waals surface area contributed by atoms with Crippen LogP contribution in [0.3, 0.4) is 0 Å². The average Bonchev–Trinajstić information content (AvgIpc) is 2.23. The zero-order valence-electron chi connectivity index (χ0n) is 9.41. The van der Waals surface area contributed by atoms with E-state index < -0.39 is 44.2 Å². The van der Waals surface area contributed by atoms with E-state index >= 15 is 0 Å². The van der Waals surface area contributed by atoms with E-state index in [4.69, 9.17) is 4.55 Å². The molecule has 0 fully saturated rings.